The van der Waals surface area contributed by atoms with E-state index in [1.54, 1.807) is 17.2 Å². The lowest BCUT2D eigenvalue weighted by atomic mass is 10.3. The number of amides is 1. The fourth-order valence-corrected chi connectivity index (χ4v) is 1.14. The minimum Gasteiger partial charge on any atom is -0.364 e. The maximum absolute atomic E-state index is 10.9. The summed E-state index contributed by atoms with van der Waals surface area (Å²) in [5, 5.41) is 5.51. The van der Waals surface area contributed by atoms with Crippen molar-refractivity contribution in [1.29, 1.82) is 0 Å². The van der Waals surface area contributed by atoms with Crippen LogP contribution in [0.3, 0.4) is 0 Å². The van der Waals surface area contributed by atoms with Crippen LogP contribution >= 0.6 is 0 Å². The molecule has 0 unspecified atom stereocenters. The minimum atomic E-state index is -0.102. The van der Waals surface area contributed by atoms with Crippen molar-refractivity contribution in [2.45, 2.75) is 6.54 Å². The van der Waals surface area contributed by atoms with Crippen LogP contribution < -0.4 is 5.43 Å². The monoisotopic (exact) mass is 179 g/mol. The molecule has 1 aliphatic rings. The van der Waals surface area contributed by atoms with Gasteiger partial charge in [-0.05, 0) is 0 Å². The van der Waals surface area contributed by atoms with Gasteiger partial charge in [0.2, 0.25) is 0 Å². The molecule has 0 bridgehead atoms. The molecule has 0 atom stereocenters. The highest BCUT2D eigenvalue weighted by Gasteiger charge is 2.11. The highest BCUT2D eigenvalue weighted by molar-refractivity contribution is 5.87. The molecule has 0 spiro atoms. The topological polar surface area (TPSA) is 58.4 Å². The highest BCUT2D eigenvalue weighted by atomic mass is 16.5. The predicted octanol–water partition coefficient (Wildman–Crippen LogP) is 0.0776. The molecule has 2 rings (SSSR count). The summed E-state index contributed by atoms with van der Waals surface area (Å²) in [5.74, 6) is -0.102. The number of aromatic nitrogens is 1. The van der Waals surface area contributed by atoms with Crippen molar-refractivity contribution in [3.05, 3.63) is 30.2 Å². The number of hydrazine groups is 1. The molecule has 1 aromatic heterocycles. The third-order valence-corrected chi connectivity index (χ3v) is 1.71. The van der Waals surface area contributed by atoms with E-state index < -0.39 is 0 Å². The lowest BCUT2D eigenvalue weighted by molar-refractivity contribution is -0.121. The molecule has 0 fully saturated rings. The van der Waals surface area contributed by atoms with Crippen LogP contribution in [0.5, 0.6) is 0 Å². The maximum Gasteiger partial charge on any atom is 0.258 e. The minimum absolute atomic E-state index is 0.102. The quantitative estimate of drug-likeness (QED) is 0.698. The van der Waals surface area contributed by atoms with E-state index in [9.17, 15) is 4.79 Å². The number of carbonyl (C=O) groups excluding carboxylic acids is 1. The van der Waals surface area contributed by atoms with Crippen molar-refractivity contribution in [1.82, 2.24) is 15.6 Å². The first-order valence-corrected chi connectivity index (χ1v) is 3.96. The van der Waals surface area contributed by atoms with Crippen molar-refractivity contribution in [3.8, 4) is 0 Å². The number of nitrogens with zero attached hydrogens (tertiary/aromatic N) is 2. The normalized spacial score (nSPS) is 17.4. The largest absolute Gasteiger partial charge is 0.364 e. The Kier molecular flexibility index (Phi) is 2.09. The van der Waals surface area contributed by atoms with E-state index in [-0.39, 0.29) is 5.91 Å². The highest BCUT2D eigenvalue weighted by Crippen LogP contribution is 2.01. The Morgan fingerprint density at radius 1 is 1.69 bits per heavy atom. The Morgan fingerprint density at radius 2 is 2.62 bits per heavy atom. The molecule has 13 heavy (non-hydrogen) atoms. The summed E-state index contributed by atoms with van der Waals surface area (Å²) in [6, 6.07) is 1.77. The maximum atomic E-state index is 10.9. The predicted molar refractivity (Wildman–Crippen MR) is 44.2 cm³/mol. The molecule has 1 aliphatic heterocycles. The van der Waals surface area contributed by atoms with Crippen molar-refractivity contribution >= 4 is 5.91 Å². The van der Waals surface area contributed by atoms with Crippen LogP contribution in [-0.2, 0) is 11.3 Å². The standard InChI is InChI=1S/C8H9N3O2/c12-8-2-1-4-11(9-8)6-7-3-5-13-10-7/h1-3,5H,4,6H2,(H,9,12). The van der Waals surface area contributed by atoms with Crippen LogP contribution in [0.4, 0.5) is 0 Å². The number of rotatable bonds is 2. The second-order valence-electron chi connectivity index (χ2n) is 2.75. The zero-order chi connectivity index (χ0) is 9.10. The van der Waals surface area contributed by atoms with Crippen LogP contribution in [-0.4, -0.2) is 22.6 Å². The van der Waals surface area contributed by atoms with Gasteiger partial charge in [-0.1, -0.05) is 11.2 Å². The Balaban J connectivity index is 1.96. The van der Waals surface area contributed by atoms with E-state index in [4.69, 9.17) is 0 Å². The lowest BCUT2D eigenvalue weighted by Crippen LogP contribution is -2.43. The lowest BCUT2D eigenvalue weighted by Gasteiger charge is -2.22. The van der Waals surface area contributed by atoms with Gasteiger partial charge in [-0.3, -0.25) is 10.2 Å². The van der Waals surface area contributed by atoms with E-state index in [1.807, 2.05) is 0 Å². The number of carbonyl (C=O) groups is 1. The zero-order valence-corrected chi connectivity index (χ0v) is 6.93. The molecule has 1 amide bonds. The Morgan fingerprint density at radius 3 is 3.31 bits per heavy atom. The fourth-order valence-electron chi connectivity index (χ4n) is 1.14. The molecule has 0 aliphatic carbocycles. The average molecular weight is 179 g/mol. The van der Waals surface area contributed by atoms with Gasteiger partial charge in [0.05, 0.1) is 12.2 Å². The van der Waals surface area contributed by atoms with Gasteiger partial charge in [0.1, 0.15) is 6.26 Å². The van der Waals surface area contributed by atoms with Gasteiger partial charge in [-0.2, -0.15) is 0 Å². The third kappa shape index (κ3) is 1.94. The molecular weight excluding hydrogens is 170 g/mol. The smallest absolute Gasteiger partial charge is 0.258 e. The summed E-state index contributed by atoms with van der Waals surface area (Å²) in [7, 11) is 0. The summed E-state index contributed by atoms with van der Waals surface area (Å²) in [6.45, 7) is 1.26. The molecule has 5 heteroatoms. The first kappa shape index (κ1) is 8.00. The molecule has 0 aromatic carbocycles. The second kappa shape index (κ2) is 3.40. The second-order valence-corrected chi connectivity index (χ2v) is 2.75. The first-order chi connectivity index (χ1) is 6.34. The van der Waals surface area contributed by atoms with Crippen LogP contribution in [0.25, 0.3) is 0 Å². The Labute approximate surface area is 75.0 Å². The van der Waals surface area contributed by atoms with Crippen LogP contribution in [0.15, 0.2) is 29.0 Å². The summed E-state index contributed by atoms with van der Waals surface area (Å²) in [5.41, 5.74) is 3.48. The van der Waals surface area contributed by atoms with Gasteiger partial charge < -0.3 is 4.52 Å². The molecule has 5 nitrogen and oxygen atoms in total. The van der Waals surface area contributed by atoms with Crippen molar-refractivity contribution in [2.24, 2.45) is 0 Å². The molecule has 68 valence electrons. The zero-order valence-electron chi connectivity index (χ0n) is 6.93. The Hall–Kier alpha value is -1.62. The molecule has 0 saturated heterocycles. The fraction of sp³-hybridized carbons (Fsp3) is 0.250. The van der Waals surface area contributed by atoms with E-state index in [2.05, 4.69) is 15.1 Å². The average Bonchev–Trinajstić information content (AvgIpc) is 2.57. The molecule has 1 aromatic rings. The van der Waals surface area contributed by atoms with E-state index in [0.29, 0.717) is 13.1 Å². The van der Waals surface area contributed by atoms with Crippen molar-refractivity contribution in [3.63, 3.8) is 0 Å². The van der Waals surface area contributed by atoms with E-state index in [1.165, 1.54) is 12.3 Å². The summed E-state index contributed by atoms with van der Waals surface area (Å²) < 4.78 is 4.68. The SMILES string of the molecule is O=C1C=CCN(Cc2ccon2)N1. The number of hydrogen-bond donors (Lipinski definition) is 1. The Bertz CT molecular complexity index is 318. The van der Waals surface area contributed by atoms with Gasteiger partial charge >= 0.3 is 0 Å². The van der Waals surface area contributed by atoms with Crippen LogP contribution in [0, 0.1) is 0 Å². The van der Waals surface area contributed by atoms with Crippen molar-refractivity contribution < 1.29 is 9.32 Å². The van der Waals surface area contributed by atoms with Gasteiger partial charge in [-0.15, -0.1) is 0 Å². The molecule has 2 heterocycles. The summed E-state index contributed by atoms with van der Waals surface area (Å²) >= 11 is 0. The van der Waals surface area contributed by atoms with E-state index >= 15 is 0 Å². The molecule has 0 saturated carbocycles. The summed E-state index contributed by atoms with van der Waals surface area (Å²) in [6.07, 6.45) is 4.83. The van der Waals surface area contributed by atoms with Gasteiger partial charge in [0.15, 0.2) is 0 Å². The van der Waals surface area contributed by atoms with Gasteiger partial charge in [-0.25, -0.2) is 5.01 Å². The van der Waals surface area contributed by atoms with Crippen molar-refractivity contribution in [2.75, 3.05) is 6.54 Å². The van der Waals surface area contributed by atoms with Gasteiger partial charge in [0, 0.05) is 18.7 Å². The first-order valence-electron chi connectivity index (χ1n) is 3.96. The summed E-state index contributed by atoms with van der Waals surface area (Å²) in [4.78, 5) is 10.9. The number of hydrogen-bond acceptors (Lipinski definition) is 4. The molecule has 0 radical (unpaired) electrons. The van der Waals surface area contributed by atoms with Crippen LogP contribution in [0.2, 0.25) is 0 Å². The van der Waals surface area contributed by atoms with Crippen LogP contribution in [0.1, 0.15) is 5.69 Å². The van der Waals surface area contributed by atoms with E-state index in [0.717, 1.165) is 5.69 Å². The third-order valence-electron chi connectivity index (χ3n) is 1.71. The molecular formula is C8H9N3O2. The molecule has 1 N–H and O–H groups in total. The van der Waals surface area contributed by atoms with Gasteiger partial charge in [0.25, 0.3) is 5.91 Å². The number of nitrogens with one attached hydrogen (secondary N) is 1.